The quantitative estimate of drug-likeness (QED) is 0.391. The van der Waals surface area contributed by atoms with Crippen LogP contribution in [0.5, 0.6) is 0 Å². The van der Waals surface area contributed by atoms with Crippen molar-refractivity contribution in [2.24, 2.45) is 11.1 Å². The number of carbonyl (C=O) groups is 1. The first kappa shape index (κ1) is 31.5. The fourth-order valence-electron chi connectivity index (χ4n) is 5.01. The summed E-state index contributed by atoms with van der Waals surface area (Å²) in [6.07, 6.45) is 0.138. The molecular formula is C29H37F3N6O3S. The Morgan fingerprint density at radius 3 is 2.38 bits per heavy atom. The van der Waals surface area contributed by atoms with Crippen LogP contribution in [0.3, 0.4) is 0 Å². The second kappa shape index (κ2) is 12.8. The molecule has 2 amide bonds. The highest BCUT2D eigenvalue weighted by Gasteiger charge is 2.41. The monoisotopic (exact) mass is 606 g/mol. The van der Waals surface area contributed by atoms with Crippen molar-refractivity contribution in [2.45, 2.75) is 45.8 Å². The number of amides is 2. The number of benzene rings is 2. The van der Waals surface area contributed by atoms with E-state index in [9.17, 15) is 26.4 Å². The van der Waals surface area contributed by atoms with E-state index in [4.69, 9.17) is 10.7 Å². The summed E-state index contributed by atoms with van der Waals surface area (Å²) in [5.41, 5.74) is 5.96. The predicted molar refractivity (Wildman–Crippen MR) is 154 cm³/mol. The maximum atomic E-state index is 14.9. The molecule has 1 aromatic heterocycles. The Labute approximate surface area is 244 Å². The maximum Gasteiger partial charge on any atom is 0.320 e. The van der Waals surface area contributed by atoms with Gasteiger partial charge in [-0.1, -0.05) is 51.1 Å². The van der Waals surface area contributed by atoms with Crippen LogP contribution in [0.15, 0.2) is 48.5 Å². The van der Waals surface area contributed by atoms with Crippen LogP contribution in [0.1, 0.15) is 44.6 Å². The average molecular weight is 607 g/mol. The lowest BCUT2D eigenvalue weighted by Crippen LogP contribution is -2.53. The second-order valence-corrected chi connectivity index (χ2v) is 14.0. The third-order valence-corrected chi connectivity index (χ3v) is 8.83. The van der Waals surface area contributed by atoms with Crippen molar-refractivity contribution in [1.29, 1.82) is 0 Å². The van der Waals surface area contributed by atoms with Gasteiger partial charge in [0.05, 0.1) is 29.7 Å². The molecule has 9 nitrogen and oxygen atoms in total. The SMILES string of the molecule is CC(C)(C)C(c1nc(-c2cc(F)ccc2F)nn1Cc1ccccc1)N(CCC(N)CF)C(=O)N1CCS(=O)(=O)CC1. The number of aromatic nitrogens is 3. The summed E-state index contributed by atoms with van der Waals surface area (Å²) >= 11 is 0. The second-order valence-electron chi connectivity index (χ2n) is 11.6. The van der Waals surface area contributed by atoms with Crippen LogP contribution in [0.2, 0.25) is 0 Å². The van der Waals surface area contributed by atoms with Crippen LogP contribution >= 0.6 is 0 Å². The van der Waals surface area contributed by atoms with Crippen LogP contribution in [0.4, 0.5) is 18.0 Å². The first-order chi connectivity index (χ1) is 19.8. The standard InChI is InChI=1S/C29H37F3N6O3S/c1-29(2,3)25(37(12-11-22(33)18-30)28(39)36-13-15-42(40,41)16-14-36)27-34-26(23-17-21(31)9-10-24(23)32)35-38(27)19-20-7-5-4-6-8-20/h4-10,17,22,25H,11-16,18-19,33H2,1-3H3. The van der Waals surface area contributed by atoms with E-state index < -0.39 is 51.7 Å². The minimum Gasteiger partial charge on any atom is -0.325 e. The zero-order valence-electron chi connectivity index (χ0n) is 24.0. The highest BCUT2D eigenvalue weighted by atomic mass is 32.2. The third-order valence-electron chi connectivity index (χ3n) is 7.22. The molecular weight excluding hydrogens is 569 g/mol. The van der Waals surface area contributed by atoms with Gasteiger partial charge in [0.1, 0.15) is 18.3 Å². The molecule has 2 N–H and O–H groups in total. The van der Waals surface area contributed by atoms with Crippen molar-refractivity contribution in [3.8, 4) is 11.4 Å². The lowest BCUT2D eigenvalue weighted by atomic mass is 9.84. The zero-order valence-corrected chi connectivity index (χ0v) is 24.8. The van der Waals surface area contributed by atoms with Crippen LogP contribution in [-0.4, -0.2) is 82.9 Å². The molecule has 2 atom stereocenters. The van der Waals surface area contributed by atoms with Crippen molar-refractivity contribution in [1.82, 2.24) is 24.6 Å². The van der Waals surface area contributed by atoms with Gasteiger partial charge in [0, 0.05) is 25.7 Å². The molecule has 2 unspecified atom stereocenters. The number of urea groups is 1. The van der Waals surface area contributed by atoms with Gasteiger partial charge in [0.2, 0.25) is 0 Å². The number of rotatable bonds is 9. The van der Waals surface area contributed by atoms with E-state index in [1.54, 1.807) is 4.68 Å². The van der Waals surface area contributed by atoms with E-state index in [0.29, 0.717) is 5.82 Å². The van der Waals surface area contributed by atoms with Gasteiger partial charge in [-0.15, -0.1) is 0 Å². The van der Waals surface area contributed by atoms with E-state index in [1.165, 1.54) is 9.80 Å². The summed E-state index contributed by atoms with van der Waals surface area (Å²) in [6.45, 7) is 5.22. The highest BCUT2D eigenvalue weighted by Crippen LogP contribution is 2.39. The Morgan fingerprint density at radius 1 is 1.10 bits per heavy atom. The smallest absolute Gasteiger partial charge is 0.320 e. The molecule has 13 heteroatoms. The number of nitrogens with two attached hydrogens (primary N) is 1. The average Bonchev–Trinajstić information content (AvgIpc) is 3.33. The number of sulfone groups is 1. The summed E-state index contributed by atoms with van der Waals surface area (Å²) in [5, 5.41) is 4.58. The van der Waals surface area contributed by atoms with Gasteiger partial charge in [0.25, 0.3) is 0 Å². The van der Waals surface area contributed by atoms with Crippen molar-refractivity contribution >= 4 is 15.9 Å². The Kier molecular flexibility index (Phi) is 9.61. The van der Waals surface area contributed by atoms with E-state index in [1.807, 2.05) is 51.1 Å². The van der Waals surface area contributed by atoms with Gasteiger partial charge in [-0.05, 0) is 35.6 Å². The Bertz CT molecular complexity index is 1480. The molecule has 0 bridgehead atoms. The first-order valence-electron chi connectivity index (χ1n) is 13.8. The lowest BCUT2D eigenvalue weighted by Gasteiger charge is -2.42. The molecule has 1 aliphatic rings. The van der Waals surface area contributed by atoms with E-state index in [-0.39, 0.29) is 55.5 Å². The minimum absolute atomic E-state index is 0.0140. The number of nitrogens with zero attached hydrogens (tertiary/aromatic N) is 5. The molecule has 1 aliphatic heterocycles. The van der Waals surface area contributed by atoms with E-state index >= 15 is 0 Å². The zero-order chi connectivity index (χ0) is 30.7. The molecule has 0 aliphatic carbocycles. The van der Waals surface area contributed by atoms with Gasteiger partial charge >= 0.3 is 6.03 Å². The summed E-state index contributed by atoms with van der Waals surface area (Å²) in [5.74, 6) is -1.42. The van der Waals surface area contributed by atoms with Gasteiger partial charge in [-0.2, -0.15) is 5.10 Å². The molecule has 0 saturated carbocycles. The Morgan fingerprint density at radius 2 is 1.76 bits per heavy atom. The minimum atomic E-state index is -3.26. The number of carbonyl (C=O) groups excluding carboxylic acids is 1. The molecule has 1 saturated heterocycles. The van der Waals surface area contributed by atoms with Gasteiger partial charge < -0.3 is 15.5 Å². The molecule has 2 aromatic carbocycles. The van der Waals surface area contributed by atoms with E-state index in [0.717, 1.165) is 23.8 Å². The van der Waals surface area contributed by atoms with Gasteiger partial charge in [-0.25, -0.2) is 36.0 Å². The summed E-state index contributed by atoms with van der Waals surface area (Å²) in [6, 6.07) is 10.3. The van der Waals surface area contributed by atoms with Gasteiger partial charge in [0.15, 0.2) is 21.5 Å². The normalized spacial score (nSPS) is 16.7. The molecule has 42 heavy (non-hydrogen) atoms. The lowest BCUT2D eigenvalue weighted by molar-refractivity contribution is 0.0820. The molecule has 4 rings (SSSR count). The number of halogens is 3. The molecule has 228 valence electrons. The van der Waals surface area contributed by atoms with Gasteiger partial charge in [-0.3, -0.25) is 0 Å². The summed E-state index contributed by atoms with van der Waals surface area (Å²) < 4.78 is 68.2. The van der Waals surface area contributed by atoms with Crippen LogP contribution in [0, 0.1) is 17.0 Å². The topological polar surface area (TPSA) is 114 Å². The van der Waals surface area contributed by atoms with Crippen molar-refractivity contribution in [2.75, 3.05) is 37.8 Å². The summed E-state index contributed by atoms with van der Waals surface area (Å²) in [7, 11) is -3.26. The first-order valence-corrected chi connectivity index (χ1v) is 15.6. The van der Waals surface area contributed by atoms with Crippen LogP contribution in [-0.2, 0) is 16.4 Å². The highest BCUT2D eigenvalue weighted by molar-refractivity contribution is 7.91. The maximum absolute atomic E-state index is 14.9. The third kappa shape index (κ3) is 7.49. The Balaban J connectivity index is 1.85. The number of hydrogen-bond acceptors (Lipinski definition) is 6. The summed E-state index contributed by atoms with van der Waals surface area (Å²) in [4.78, 5) is 21.8. The van der Waals surface area contributed by atoms with Crippen molar-refractivity contribution in [3.63, 3.8) is 0 Å². The molecule has 0 spiro atoms. The fourth-order valence-corrected chi connectivity index (χ4v) is 6.21. The fraction of sp³-hybridized carbons (Fsp3) is 0.483. The largest absolute Gasteiger partial charge is 0.325 e. The van der Waals surface area contributed by atoms with Crippen LogP contribution < -0.4 is 5.73 Å². The molecule has 2 heterocycles. The van der Waals surface area contributed by atoms with Crippen LogP contribution in [0.25, 0.3) is 11.4 Å². The van der Waals surface area contributed by atoms with Crippen molar-refractivity contribution in [3.05, 3.63) is 71.6 Å². The molecule has 1 fully saturated rings. The molecule has 3 aromatic rings. The van der Waals surface area contributed by atoms with Crippen molar-refractivity contribution < 1.29 is 26.4 Å². The Hall–Kier alpha value is -3.45. The van der Waals surface area contributed by atoms with E-state index in [2.05, 4.69) is 5.10 Å². The number of alkyl halides is 1. The number of hydrogen-bond donors (Lipinski definition) is 1. The predicted octanol–water partition coefficient (Wildman–Crippen LogP) is 4.20. The molecule has 0 radical (unpaired) electrons.